The summed E-state index contributed by atoms with van der Waals surface area (Å²) in [6.45, 7) is 2.38. The first-order valence-electron chi connectivity index (χ1n) is 4.13. The van der Waals surface area contributed by atoms with Gasteiger partial charge in [-0.2, -0.15) is 0 Å². The number of carbonyl (C=O) groups is 3. The third-order valence-corrected chi connectivity index (χ3v) is 1.69. The van der Waals surface area contributed by atoms with Crippen LogP contribution >= 0.6 is 0 Å². The van der Waals surface area contributed by atoms with Gasteiger partial charge in [-0.05, 0) is 6.92 Å². The van der Waals surface area contributed by atoms with Crippen LogP contribution in [0.2, 0.25) is 0 Å². The van der Waals surface area contributed by atoms with Gasteiger partial charge in [0.2, 0.25) is 5.60 Å². The molecule has 0 aliphatic carbocycles. The molecule has 0 saturated heterocycles. The summed E-state index contributed by atoms with van der Waals surface area (Å²) >= 11 is 0. The maximum atomic E-state index is 11.5. The fraction of sp³-hybridized carbons (Fsp3) is 0.500. The SMILES string of the molecule is C#C[C@@](C)(OC(C)=O)C(=O)CC(=O)OC. The summed E-state index contributed by atoms with van der Waals surface area (Å²) in [7, 11) is 1.15. The van der Waals surface area contributed by atoms with E-state index in [1.54, 1.807) is 0 Å². The summed E-state index contributed by atoms with van der Waals surface area (Å²) in [5, 5.41) is 0. The van der Waals surface area contributed by atoms with E-state index in [4.69, 9.17) is 6.42 Å². The molecule has 0 aliphatic heterocycles. The first-order valence-corrected chi connectivity index (χ1v) is 4.13. The summed E-state index contributed by atoms with van der Waals surface area (Å²) in [5.41, 5.74) is -1.71. The highest BCUT2D eigenvalue weighted by molar-refractivity contribution is 6.02. The molecule has 0 aromatic heterocycles. The quantitative estimate of drug-likeness (QED) is 0.375. The van der Waals surface area contributed by atoms with Gasteiger partial charge >= 0.3 is 11.9 Å². The van der Waals surface area contributed by atoms with Crippen LogP contribution in [0.4, 0.5) is 0 Å². The van der Waals surface area contributed by atoms with Gasteiger partial charge in [-0.25, -0.2) is 0 Å². The maximum absolute atomic E-state index is 11.5. The van der Waals surface area contributed by atoms with E-state index in [2.05, 4.69) is 9.47 Å². The molecule has 0 bridgehead atoms. The average Bonchev–Trinajstić information content (AvgIpc) is 2.16. The van der Waals surface area contributed by atoms with Crippen molar-refractivity contribution in [3.63, 3.8) is 0 Å². The number of carbonyl (C=O) groups excluding carboxylic acids is 3. The Balaban J connectivity index is 4.68. The van der Waals surface area contributed by atoms with Crippen molar-refractivity contribution >= 4 is 17.7 Å². The number of esters is 2. The van der Waals surface area contributed by atoms with E-state index in [1.165, 1.54) is 6.92 Å². The van der Waals surface area contributed by atoms with Crippen molar-refractivity contribution in [3.8, 4) is 12.3 Å². The maximum Gasteiger partial charge on any atom is 0.313 e. The Hall–Kier alpha value is -1.83. The molecule has 0 fully saturated rings. The van der Waals surface area contributed by atoms with E-state index < -0.39 is 29.7 Å². The molecule has 0 saturated carbocycles. The molecule has 0 aliphatic rings. The molecule has 0 unspecified atom stereocenters. The zero-order chi connectivity index (χ0) is 12.1. The Morgan fingerprint density at radius 3 is 2.27 bits per heavy atom. The van der Waals surface area contributed by atoms with Crippen LogP contribution in [0.25, 0.3) is 0 Å². The second-order valence-electron chi connectivity index (χ2n) is 2.95. The van der Waals surface area contributed by atoms with Crippen LogP contribution in [0, 0.1) is 12.3 Å². The Morgan fingerprint density at radius 2 is 1.93 bits per heavy atom. The van der Waals surface area contributed by atoms with Gasteiger partial charge in [0.25, 0.3) is 0 Å². The van der Waals surface area contributed by atoms with E-state index in [1.807, 2.05) is 5.92 Å². The third-order valence-electron chi connectivity index (χ3n) is 1.69. The van der Waals surface area contributed by atoms with E-state index in [-0.39, 0.29) is 0 Å². The second kappa shape index (κ2) is 5.15. The van der Waals surface area contributed by atoms with Crippen LogP contribution in [-0.2, 0) is 23.9 Å². The number of ketones is 1. The van der Waals surface area contributed by atoms with Gasteiger partial charge in [0, 0.05) is 6.92 Å². The Morgan fingerprint density at radius 1 is 1.40 bits per heavy atom. The summed E-state index contributed by atoms with van der Waals surface area (Å²) in [4.78, 5) is 33.0. The fourth-order valence-electron chi connectivity index (χ4n) is 0.826. The molecule has 0 aromatic rings. The zero-order valence-corrected chi connectivity index (χ0v) is 8.83. The van der Waals surface area contributed by atoms with E-state index in [0.717, 1.165) is 14.0 Å². The lowest BCUT2D eigenvalue weighted by Gasteiger charge is -2.20. The number of hydrogen-bond acceptors (Lipinski definition) is 5. The predicted octanol–water partition coefficient (Wildman–Crippen LogP) is 0.0736. The number of methoxy groups -OCH3 is 1. The van der Waals surface area contributed by atoms with Crippen molar-refractivity contribution in [2.75, 3.05) is 7.11 Å². The molecule has 0 N–H and O–H groups in total. The van der Waals surface area contributed by atoms with Crippen molar-refractivity contribution in [1.82, 2.24) is 0 Å². The molecular weight excluding hydrogens is 200 g/mol. The Bertz CT molecular complexity index is 325. The summed E-state index contributed by atoms with van der Waals surface area (Å²) in [5.74, 6) is -0.0638. The highest BCUT2D eigenvalue weighted by Crippen LogP contribution is 2.13. The summed E-state index contributed by atoms with van der Waals surface area (Å²) in [6.07, 6.45) is 4.55. The molecule has 0 heterocycles. The van der Waals surface area contributed by atoms with Crippen molar-refractivity contribution in [3.05, 3.63) is 0 Å². The number of terminal acetylenes is 1. The lowest BCUT2D eigenvalue weighted by molar-refractivity contribution is -0.160. The standard InChI is InChI=1S/C10H12O5/c1-5-10(3,15-7(2)11)8(12)6-9(13)14-4/h1H,6H2,2-4H3/t10-/m1/s1. The van der Waals surface area contributed by atoms with E-state index >= 15 is 0 Å². The monoisotopic (exact) mass is 212 g/mol. The number of Topliss-reactive ketones (excluding diaryl/α,β-unsaturated/α-hetero) is 1. The largest absolute Gasteiger partial charge is 0.469 e. The Kier molecular flexibility index (Phi) is 4.52. The minimum Gasteiger partial charge on any atom is -0.469 e. The predicted molar refractivity (Wildman–Crippen MR) is 50.6 cm³/mol. The second-order valence-corrected chi connectivity index (χ2v) is 2.95. The van der Waals surface area contributed by atoms with Crippen molar-refractivity contribution in [2.24, 2.45) is 0 Å². The fourth-order valence-corrected chi connectivity index (χ4v) is 0.826. The molecule has 0 spiro atoms. The van der Waals surface area contributed by atoms with Crippen LogP contribution in [-0.4, -0.2) is 30.4 Å². The van der Waals surface area contributed by atoms with Gasteiger partial charge in [0.1, 0.15) is 6.42 Å². The van der Waals surface area contributed by atoms with Crippen LogP contribution in [0.1, 0.15) is 20.3 Å². The molecule has 0 aromatic carbocycles. The molecule has 82 valence electrons. The van der Waals surface area contributed by atoms with Crippen molar-refractivity contribution < 1.29 is 23.9 Å². The van der Waals surface area contributed by atoms with Gasteiger partial charge in [-0.15, -0.1) is 6.42 Å². The zero-order valence-electron chi connectivity index (χ0n) is 8.83. The molecule has 5 nitrogen and oxygen atoms in total. The van der Waals surface area contributed by atoms with Crippen LogP contribution in [0.5, 0.6) is 0 Å². The molecular formula is C10H12O5. The van der Waals surface area contributed by atoms with Gasteiger partial charge < -0.3 is 9.47 Å². The van der Waals surface area contributed by atoms with Gasteiger partial charge in [0.05, 0.1) is 7.11 Å². The topological polar surface area (TPSA) is 69.7 Å². The highest BCUT2D eigenvalue weighted by Gasteiger charge is 2.35. The smallest absolute Gasteiger partial charge is 0.313 e. The lowest BCUT2D eigenvalue weighted by atomic mass is 9.99. The first-order chi connectivity index (χ1) is 6.85. The molecule has 0 rings (SSSR count). The molecule has 1 atom stereocenters. The third kappa shape index (κ3) is 3.81. The normalized spacial score (nSPS) is 13.2. The molecule has 15 heavy (non-hydrogen) atoms. The van der Waals surface area contributed by atoms with Crippen LogP contribution in [0.3, 0.4) is 0 Å². The Labute approximate surface area is 87.7 Å². The molecule has 0 radical (unpaired) electrons. The number of rotatable bonds is 4. The van der Waals surface area contributed by atoms with Crippen LogP contribution < -0.4 is 0 Å². The first kappa shape index (κ1) is 13.2. The summed E-state index contributed by atoms with van der Waals surface area (Å²) in [6, 6.07) is 0. The van der Waals surface area contributed by atoms with Crippen molar-refractivity contribution in [2.45, 2.75) is 25.9 Å². The van der Waals surface area contributed by atoms with E-state index in [9.17, 15) is 14.4 Å². The summed E-state index contributed by atoms with van der Waals surface area (Å²) < 4.78 is 8.96. The minimum atomic E-state index is -1.71. The number of hydrogen-bond donors (Lipinski definition) is 0. The van der Waals surface area contributed by atoms with Crippen molar-refractivity contribution in [1.29, 1.82) is 0 Å². The van der Waals surface area contributed by atoms with Gasteiger partial charge in [-0.3, -0.25) is 14.4 Å². The van der Waals surface area contributed by atoms with E-state index in [0.29, 0.717) is 0 Å². The van der Waals surface area contributed by atoms with Gasteiger partial charge in [0.15, 0.2) is 5.78 Å². The number of ether oxygens (including phenoxy) is 2. The van der Waals surface area contributed by atoms with Gasteiger partial charge in [-0.1, -0.05) is 5.92 Å². The molecule has 5 heteroatoms. The minimum absolute atomic E-state index is 0.523. The van der Waals surface area contributed by atoms with Crippen LogP contribution in [0.15, 0.2) is 0 Å². The lowest BCUT2D eigenvalue weighted by Crippen LogP contribution is -2.39. The average molecular weight is 212 g/mol. The molecule has 0 amide bonds. The highest BCUT2D eigenvalue weighted by atomic mass is 16.6.